The van der Waals surface area contributed by atoms with E-state index in [0.29, 0.717) is 42.5 Å². The quantitative estimate of drug-likeness (QED) is 0.284. The SMILES string of the molecule is CS(=O)(=O)c1ccccc1-c1sc(COc2ccc(Cl)cc2Cl)nc1-c1ccc(F)cc1. The zero-order valence-electron chi connectivity index (χ0n) is 16.7. The fourth-order valence-corrected chi connectivity index (χ4v) is 5.58. The Morgan fingerprint density at radius 3 is 2.44 bits per heavy atom. The van der Waals surface area contributed by atoms with Gasteiger partial charge < -0.3 is 4.74 Å². The van der Waals surface area contributed by atoms with E-state index in [4.69, 9.17) is 27.9 Å². The molecule has 1 heterocycles. The first-order chi connectivity index (χ1) is 15.2. The number of halogens is 3. The molecule has 4 rings (SSSR count). The van der Waals surface area contributed by atoms with E-state index in [9.17, 15) is 12.8 Å². The molecule has 32 heavy (non-hydrogen) atoms. The van der Waals surface area contributed by atoms with Gasteiger partial charge in [0.05, 0.1) is 20.5 Å². The lowest BCUT2D eigenvalue weighted by atomic mass is 10.1. The van der Waals surface area contributed by atoms with Gasteiger partial charge in [0.15, 0.2) is 9.84 Å². The predicted molar refractivity (Wildman–Crippen MR) is 127 cm³/mol. The number of sulfone groups is 1. The van der Waals surface area contributed by atoms with Crippen LogP contribution in [0.1, 0.15) is 5.01 Å². The van der Waals surface area contributed by atoms with Crippen molar-refractivity contribution in [2.24, 2.45) is 0 Å². The third-order valence-electron chi connectivity index (χ3n) is 4.57. The maximum atomic E-state index is 13.5. The van der Waals surface area contributed by atoms with Crippen molar-refractivity contribution in [2.75, 3.05) is 6.26 Å². The van der Waals surface area contributed by atoms with E-state index >= 15 is 0 Å². The average molecular weight is 508 g/mol. The molecule has 0 saturated carbocycles. The number of ether oxygens (including phenoxy) is 1. The Balaban J connectivity index is 1.79. The fraction of sp³-hybridized carbons (Fsp3) is 0.0870. The normalized spacial score (nSPS) is 11.5. The lowest BCUT2D eigenvalue weighted by molar-refractivity contribution is 0.306. The van der Waals surface area contributed by atoms with Gasteiger partial charge >= 0.3 is 0 Å². The summed E-state index contributed by atoms with van der Waals surface area (Å²) in [5.74, 6) is 0.0793. The van der Waals surface area contributed by atoms with Gasteiger partial charge in [0.2, 0.25) is 0 Å². The molecular formula is C23H16Cl2FNO3S2. The number of hydrogen-bond acceptors (Lipinski definition) is 5. The van der Waals surface area contributed by atoms with E-state index in [1.54, 1.807) is 54.6 Å². The van der Waals surface area contributed by atoms with Crippen molar-refractivity contribution < 1.29 is 17.5 Å². The predicted octanol–water partition coefficient (Wildman–Crippen LogP) is 6.91. The summed E-state index contributed by atoms with van der Waals surface area (Å²) in [4.78, 5) is 5.53. The Morgan fingerprint density at radius 2 is 1.75 bits per heavy atom. The lowest BCUT2D eigenvalue weighted by Gasteiger charge is -2.08. The van der Waals surface area contributed by atoms with Crippen LogP contribution in [-0.2, 0) is 16.4 Å². The highest BCUT2D eigenvalue weighted by atomic mass is 35.5. The van der Waals surface area contributed by atoms with Crippen LogP contribution in [0.25, 0.3) is 21.7 Å². The minimum atomic E-state index is -3.49. The molecule has 0 fully saturated rings. The van der Waals surface area contributed by atoms with Gasteiger partial charge in [-0.05, 0) is 48.5 Å². The maximum absolute atomic E-state index is 13.5. The van der Waals surface area contributed by atoms with Crippen LogP contribution in [0.15, 0.2) is 71.6 Å². The van der Waals surface area contributed by atoms with Crippen LogP contribution in [0.3, 0.4) is 0 Å². The summed E-state index contributed by atoms with van der Waals surface area (Å²) in [5, 5.41) is 1.47. The Labute approximate surface area is 199 Å². The molecule has 0 aliphatic carbocycles. The van der Waals surface area contributed by atoms with Gasteiger partial charge in [-0.15, -0.1) is 11.3 Å². The largest absolute Gasteiger partial charge is 0.485 e. The lowest BCUT2D eigenvalue weighted by Crippen LogP contribution is -1.99. The molecule has 4 aromatic rings. The summed E-state index contributed by atoms with van der Waals surface area (Å²) in [6.45, 7) is 0.112. The number of rotatable bonds is 6. The Bertz CT molecular complexity index is 1390. The van der Waals surface area contributed by atoms with Crippen LogP contribution in [0.5, 0.6) is 5.75 Å². The zero-order valence-corrected chi connectivity index (χ0v) is 19.8. The van der Waals surface area contributed by atoms with Crippen molar-refractivity contribution in [2.45, 2.75) is 11.5 Å². The molecule has 0 bridgehead atoms. The standard InChI is InChI=1S/C23H16Cl2FNO3S2/c1-32(28,29)20-5-3-2-4-17(20)23-22(14-6-9-16(26)10-7-14)27-21(31-23)13-30-19-11-8-15(24)12-18(19)25/h2-12H,13H2,1H3. The van der Waals surface area contributed by atoms with E-state index in [1.165, 1.54) is 23.5 Å². The summed E-state index contributed by atoms with van der Waals surface area (Å²) >= 11 is 13.4. The second-order valence-electron chi connectivity index (χ2n) is 6.92. The van der Waals surface area contributed by atoms with Crippen LogP contribution in [0.4, 0.5) is 4.39 Å². The van der Waals surface area contributed by atoms with Crippen molar-refractivity contribution in [1.29, 1.82) is 0 Å². The topological polar surface area (TPSA) is 56.3 Å². The molecule has 0 aliphatic heterocycles. The summed E-state index contributed by atoms with van der Waals surface area (Å²) < 4.78 is 44.1. The highest BCUT2D eigenvalue weighted by Crippen LogP contribution is 2.40. The molecule has 0 radical (unpaired) electrons. The summed E-state index contributed by atoms with van der Waals surface area (Å²) in [6, 6.07) is 17.5. The van der Waals surface area contributed by atoms with E-state index in [-0.39, 0.29) is 17.3 Å². The van der Waals surface area contributed by atoms with Crippen LogP contribution >= 0.6 is 34.5 Å². The minimum absolute atomic E-state index is 0.112. The summed E-state index contributed by atoms with van der Waals surface area (Å²) in [5.41, 5.74) is 1.74. The second kappa shape index (κ2) is 9.19. The van der Waals surface area contributed by atoms with E-state index in [1.807, 2.05) is 0 Å². The highest BCUT2D eigenvalue weighted by molar-refractivity contribution is 7.90. The number of nitrogens with zero attached hydrogens (tertiary/aromatic N) is 1. The zero-order chi connectivity index (χ0) is 22.9. The van der Waals surface area contributed by atoms with Crippen LogP contribution < -0.4 is 4.74 Å². The van der Waals surface area contributed by atoms with Crippen LogP contribution in [0.2, 0.25) is 10.0 Å². The molecule has 0 N–H and O–H groups in total. The van der Waals surface area contributed by atoms with E-state index in [2.05, 4.69) is 4.98 Å². The Morgan fingerprint density at radius 1 is 1.03 bits per heavy atom. The summed E-state index contributed by atoms with van der Waals surface area (Å²) in [7, 11) is -3.49. The molecule has 0 spiro atoms. The van der Waals surface area contributed by atoms with Gasteiger partial charge in [0, 0.05) is 22.4 Å². The number of thiazole rings is 1. The molecule has 1 aromatic heterocycles. The highest BCUT2D eigenvalue weighted by Gasteiger charge is 2.21. The average Bonchev–Trinajstić information content (AvgIpc) is 3.17. The molecule has 0 atom stereocenters. The molecule has 9 heteroatoms. The third-order valence-corrected chi connectivity index (χ3v) is 7.31. The molecule has 164 valence electrons. The molecule has 4 nitrogen and oxygen atoms in total. The smallest absolute Gasteiger partial charge is 0.176 e. The first kappa shape index (κ1) is 22.7. The number of hydrogen-bond donors (Lipinski definition) is 0. The molecule has 0 amide bonds. The fourth-order valence-electron chi connectivity index (χ4n) is 3.12. The Kier molecular flexibility index (Phi) is 6.53. The van der Waals surface area contributed by atoms with Crippen molar-refractivity contribution in [3.8, 4) is 27.4 Å². The van der Waals surface area contributed by atoms with Crippen LogP contribution in [0, 0.1) is 5.82 Å². The van der Waals surface area contributed by atoms with Gasteiger partial charge in [-0.3, -0.25) is 0 Å². The second-order valence-corrected chi connectivity index (χ2v) is 10.8. The number of benzene rings is 3. The van der Waals surface area contributed by atoms with Gasteiger partial charge in [0.1, 0.15) is 23.2 Å². The van der Waals surface area contributed by atoms with E-state index < -0.39 is 9.84 Å². The van der Waals surface area contributed by atoms with Gasteiger partial charge in [-0.1, -0.05) is 41.4 Å². The monoisotopic (exact) mass is 507 g/mol. The van der Waals surface area contributed by atoms with E-state index in [0.717, 1.165) is 6.26 Å². The minimum Gasteiger partial charge on any atom is -0.485 e. The third kappa shape index (κ3) is 4.96. The summed E-state index contributed by atoms with van der Waals surface area (Å²) in [6.07, 6.45) is 1.16. The van der Waals surface area contributed by atoms with Gasteiger partial charge in [-0.25, -0.2) is 17.8 Å². The molecule has 0 unspecified atom stereocenters. The first-order valence-corrected chi connectivity index (χ1v) is 12.8. The van der Waals surface area contributed by atoms with Crippen molar-refractivity contribution in [3.63, 3.8) is 0 Å². The van der Waals surface area contributed by atoms with Crippen LogP contribution in [-0.4, -0.2) is 19.7 Å². The molecule has 0 saturated heterocycles. The number of aromatic nitrogens is 1. The maximum Gasteiger partial charge on any atom is 0.176 e. The van der Waals surface area contributed by atoms with Crippen molar-refractivity contribution in [3.05, 3.63) is 87.6 Å². The first-order valence-electron chi connectivity index (χ1n) is 9.35. The molecule has 0 aliphatic rings. The van der Waals surface area contributed by atoms with Gasteiger partial charge in [0.25, 0.3) is 0 Å². The van der Waals surface area contributed by atoms with Gasteiger partial charge in [-0.2, -0.15) is 0 Å². The molecular weight excluding hydrogens is 492 g/mol. The van der Waals surface area contributed by atoms with Crippen molar-refractivity contribution >= 4 is 44.4 Å². The molecule has 3 aromatic carbocycles. The van der Waals surface area contributed by atoms with Crippen molar-refractivity contribution in [1.82, 2.24) is 4.98 Å². The Hall–Kier alpha value is -2.45.